The van der Waals surface area contributed by atoms with Crippen molar-refractivity contribution in [1.82, 2.24) is 9.97 Å². The first kappa shape index (κ1) is 29.8. The molecule has 4 aromatic rings. The quantitative estimate of drug-likeness (QED) is 0.200. The Bertz CT molecular complexity index is 1910. The van der Waals surface area contributed by atoms with Crippen LogP contribution in [0.15, 0.2) is 65.8 Å². The van der Waals surface area contributed by atoms with E-state index in [1.54, 1.807) is 24.5 Å². The van der Waals surface area contributed by atoms with Gasteiger partial charge in [-0.05, 0) is 66.8 Å². The third kappa shape index (κ3) is 5.85. The molecule has 0 spiro atoms. The lowest BCUT2D eigenvalue weighted by molar-refractivity contribution is -0.121. The lowest BCUT2D eigenvalue weighted by Crippen LogP contribution is -2.32. The molecule has 2 aromatic carbocycles. The molecule has 5 rings (SSSR count). The molecule has 1 unspecified atom stereocenters. The van der Waals surface area contributed by atoms with Crippen LogP contribution in [-0.2, 0) is 19.9 Å². The minimum absolute atomic E-state index is 0.00160. The van der Waals surface area contributed by atoms with Gasteiger partial charge in [-0.25, -0.2) is 19.0 Å². The average molecular weight is 608 g/mol. The molecular weight excluding hydrogens is 579 g/mol. The third-order valence-corrected chi connectivity index (χ3v) is 9.33. The Morgan fingerprint density at radius 3 is 2.53 bits per heavy atom. The smallest absolute Gasteiger partial charge is 0.401 e. The maximum Gasteiger partial charge on any atom is 0.401 e. The van der Waals surface area contributed by atoms with E-state index in [0.29, 0.717) is 35.4 Å². The number of anilines is 3. The summed E-state index contributed by atoms with van der Waals surface area (Å²) in [7, 11) is -2.79. The van der Waals surface area contributed by atoms with E-state index in [4.69, 9.17) is 9.52 Å². The van der Waals surface area contributed by atoms with Crippen molar-refractivity contribution in [1.29, 1.82) is 4.78 Å². The number of carbonyl (C=O) groups is 1. The molecule has 1 aliphatic heterocycles. The summed E-state index contributed by atoms with van der Waals surface area (Å²) >= 11 is 0. The van der Waals surface area contributed by atoms with Crippen molar-refractivity contribution in [2.75, 3.05) is 23.5 Å². The number of ether oxygens (including phenoxy) is 1. The number of nitrogens with one attached hydrogen (secondary N) is 3. The highest BCUT2D eigenvalue weighted by atomic mass is 32.2. The van der Waals surface area contributed by atoms with Crippen LogP contribution in [-0.4, -0.2) is 39.1 Å². The van der Waals surface area contributed by atoms with E-state index in [0.717, 1.165) is 28.3 Å². The van der Waals surface area contributed by atoms with Crippen LogP contribution in [0, 0.1) is 16.6 Å². The van der Waals surface area contributed by atoms with Gasteiger partial charge in [0.05, 0.1) is 32.8 Å². The van der Waals surface area contributed by atoms with Crippen molar-refractivity contribution < 1.29 is 26.9 Å². The summed E-state index contributed by atoms with van der Waals surface area (Å²) < 4.78 is 64.0. The van der Waals surface area contributed by atoms with Gasteiger partial charge in [0.15, 0.2) is 0 Å². The van der Waals surface area contributed by atoms with Crippen molar-refractivity contribution in [3.63, 3.8) is 0 Å². The summed E-state index contributed by atoms with van der Waals surface area (Å²) in [5.41, 5.74) is 2.78. The maximum absolute atomic E-state index is 12.8. The highest BCUT2D eigenvalue weighted by molar-refractivity contribution is 7.92. The third-order valence-electron chi connectivity index (χ3n) is 7.58. The van der Waals surface area contributed by atoms with Gasteiger partial charge in [0.1, 0.15) is 23.0 Å². The molecule has 2 aromatic heterocycles. The fourth-order valence-corrected chi connectivity index (χ4v) is 6.47. The van der Waals surface area contributed by atoms with Crippen molar-refractivity contribution >= 4 is 43.6 Å². The van der Waals surface area contributed by atoms with Crippen molar-refractivity contribution in [2.24, 2.45) is 0 Å². The van der Waals surface area contributed by atoms with Gasteiger partial charge in [0, 0.05) is 34.4 Å². The molecule has 0 saturated carbocycles. The van der Waals surface area contributed by atoms with Crippen LogP contribution in [0.1, 0.15) is 43.5 Å². The molecule has 8 nitrogen and oxygen atoms in total. The monoisotopic (exact) mass is 607 g/mol. The number of rotatable bonds is 7. The summed E-state index contributed by atoms with van der Waals surface area (Å²) in [5, 5.41) is 7.54. The molecule has 3 heterocycles. The zero-order chi connectivity index (χ0) is 31.0. The van der Waals surface area contributed by atoms with Gasteiger partial charge in [-0.1, -0.05) is 25.8 Å². The van der Waals surface area contributed by atoms with Crippen LogP contribution in [0.4, 0.5) is 30.4 Å². The van der Waals surface area contributed by atoms with Gasteiger partial charge in [-0.3, -0.25) is 4.79 Å². The fourth-order valence-electron chi connectivity index (χ4n) is 5.26. The summed E-state index contributed by atoms with van der Waals surface area (Å²) in [6.07, 6.45) is -0.0840. The number of alkyl halides is 3. The van der Waals surface area contributed by atoms with Crippen molar-refractivity contribution in [2.45, 2.75) is 43.2 Å². The molecule has 0 radical (unpaired) electrons. The predicted octanol–water partition coefficient (Wildman–Crippen LogP) is 6.76. The molecule has 0 saturated heterocycles. The van der Waals surface area contributed by atoms with E-state index < -0.39 is 27.1 Å². The molecule has 1 aliphatic rings. The highest BCUT2D eigenvalue weighted by Gasteiger charge is 2.43. The molecule has 0 aliphatic carbocycles. The van der Waals surface area contributed by atoms with Crippen LogP contribution < -0.4 is 15.4 Å². The number of nitrogens with zero attached hydrogens (tertiary/aromatic N) is 2. The minimum atomic E-state index is -4.75. The molecule has 222 valence electrons. The van der Waals surface area contributed by atoms with Crippen LogP contribution in [0.5, 0.6) is 5.75 Å². The Balaban J connectivity index is 1.44. The van der Waals surface area contributed by atoms with Crippen LogP contribution in [0.3, 0.4) is 0 Å². The SMILES string of the molecule is CCC1(CC)C(=O)Nc2cc(C#Cc3nccc4cnc(Nc5ccc(S(=N)(=O)CC(F)(F)F)cc5OC)cc34)ccc21. The number of halogens is 3. The standard InChI is InChI=1S/C31H28F3N5O3S/c1-4-30(5-2)23-9-6-19(14-26(23)39-29(30)40)7-10-24-22-16-28(37-17-20(22)12-13-36-24)38-25-11-8-21(15-27(25)42-3)43(35,41)18-31(32,33)34/h6,8-9,11-17,35H,4-5,18H2,1-3H3,(H,37,38)(H,39,40). The summed E-state index contributed by atoms with van der Waals surface area (Å²) in [4.78, 5) is 21.3. The Kier molecular flexibility index (Phi) is 7.79. The number of hydrogen-bond acceptors (Lipinski definition) is 7. The minimum Gasteiger partial charge on any atom is -0.495 e. The molecule has 12 heteroatoms. The average Bonchev–Trinajstić information content (AvgIpc) is 3.25. The highest BCUT2D eigenvalue weighted by Crippen LogP contribution is 2.43. The van der Waals surface area contributed by atoms with E-state index in [1.807, 2.05) is 32.0 Å². The van der Waals surface area contributed by atoms with Crippen LogP contribution in [0.2, 0.25) is 0 Å². The van der Waals surface area contributed by atoms with E-state index in [2.05, 4.69) is 32.4 Å². The number of methoxy groups -OCH3 is 1. The number of pyridine rings is 2. The number of carbonyl (C=O) groups excluding carboxylic acids is 1. The molecule has 0 fully saturated rings. The number of hydrogen-bond donors (Lipinski definition) is 3. The number of amides is 1. The molecule has 43 heavy (non-hydrogen) atoms. The van der Waals surface area contributed by atoms with E-state index in [-0.39, 0.29) is 16.6 Å². The zero-order valence-electron chi connectivity index (χ0n) is 23.6. The predicted molar refractivity (Wildman–Crippen MR) is 159 cm³/mol. The fraction of sp³-hybridized carbons (Fsp3) is 0.258. The number of fused-ring (bicyclic) bond motifs is 2. The van der Waals surface area contributed by atoms with Gasteiger partial charge in [-0.2, -0.15) is 13.2 Å². The Labute approximate surface area is 247 Å². The summed E-state index contributed by atoms with van der Waals surface area (Å²) in [5.74, 6) is 4.98. The lowest BCUT2D eigenvalue weighted by Gasteiger charge is -2.23. The molecule has 1 atom stereocenters. The first-order chi connectivity index (χ1) is 20.4. The molecule has 0 bridgehead atoms. The molecular formula is C31H28F3N5O3S. The topological polar surface area (TPSA) is 117 Å². The Morgan fingerprint density at radius 1 is 1.07 bits per heavy atom. The Morgan fingerprint density at radius 2 is 1.84 bits per heavy atom. The van der Waals surface area contributed by atoms with Gasteiger partial charge < -0.3 is 15.4 Å². The lowest BCUT2D eigenvalue weighted by atomic mass is 9.77. The second kappa shape index (κ2) is 11.2. The van der Waals surface area contributed by atoms with Crippen molar-refractivity contribution in [3.8, 4) is 17.6 Å². The van der Waals surface area contributed by atoms with Crippen LogP contribution >= 0.6 is 0 Å². The normalized spacial score (nSPS) is 15.2. The van der Waals surface area contributed by atoms with Gasteiger partial charge >= 0.3 is 6.18 Å². The first-order valence-corrected chi connectivity index (χ1v) is 15.1. The number of aromatic nitrogens is 2. The van der Waals surface area contributed by atoms with Gasteiger partial charge in [-0.15, -0.1) is 0 Å². The number of benzene rings is 2. The van der Waals surface area contributed by atoms with Crippen LogP contribution in [0.25, 0.3) is 10.8 Å². The second-order valence-corrected chi connectivity index (χ2v) is 12.2. The zero-order valence-corrected chi connectivity index (χ0v) is 24.4. The van der Waals surface area contributed by atoms with Crippen molar-refractivity contribution in [3.05, 3.63) is 77.7 Å². The van der Waals surface area contributed by atoms with Gasteiger partial charge in [0.2, 0.25) is 5.91 Å². The summed E-state index contributed by atoms with van der Waals surface area (Å²) in [6, 6.07) is 13.0. The first-order valence-electron chi connectivity index (χ1n) is 13.4. The van der Waals surface area contributed by atoms with E-state index in [9.17, 15) is 22.2 Å². The van der Waals surface area contributed by atoms with Gasteiger partial charge in [0.25, 0.3) is 0 Å². The molecule has 3 N–H and O–H groups in total. The second-order valence-electron chi connectivity index (χ2n) is 10.1. The molecule has 1 amide bonds. The van der Waals surface area contributed by atoms with E-state index in [1.165, 1.54) is 19.2 Å². The van der Waals surface area contributed by atoms with E-state index >= 15 is 0 Å². The summed E-state index contributed by atoms with van der Waals surface area (Å²) in [6.45, 7) is 4.02. The maximum atomic E-state index is 12.8. The Hall–Kier alpha value is -4.63. The largest absolute Gasteiger partial charge is 0.495 e.